The van der Waals surface area contributed by atoms with Gasteiger partial charge in [0, 0.05) is 16.0 Å². The van der Waals surface area contributed by atoms with Crippen LogP contribution in [0.1, 0.15) is 41.6 Å². The lowest BCUT2D eigenvalue weighted by Crippen LogP contribution is -2.22. The number of thioether (sulfide) groups is 1. The Kier molecular flexibility index (Phi) is 5.33. The smallest absolute Gasteiger partial charge is 0.237 e. The van der Waals surface area contributed by atoms with Gasteiger partial charge in [0.2, 0.25) is 5.91 Å². The Bertz CT molecular complexity index is 1080. The van der Waals surface area contributed by atoms with Crippen LogP contribution in [-0.4, -0.2) is 21.1 Å². The molecule has 28 heavy (non-hydrogen) atoms. The Labute approximate surface area is 172 Å². The van der Waals surface area contributed by atoms with Gasteiger partial charge in [-0.3, -0.25) is 4.79 Å². The summed E-state index contributed by atoms with van der Waals surface area (Å²) >= 11 is 3.27. The van der Waals surface area contributed by atoms with Crippen LogP contribution in [0, 0.1) is 18.3 Å². The van der Waals surface area contributed by atoms with E-state index < -0.39 is 0 Å². The normalized spacial score (nSPS) is 14.3. The van der Waals surface area contributed by atoms with Crippen LogP contribution < -0.4 is 5.32 Å². The van der Waals surface area contributed by atoms with Gasteiger partial charge in [-0.15, -0.1) is 11.3 Å². The topological polar surface area (TPSA) is 78.7 Å². The number of nitrogens with zero attached hydrogens (tertiary/aromatic N) is 3. The van der Waals surface area contributed by atoms with Gasteiger partial charge in [-0.25, -0.2) is 9.97 Å². The molecule has 0 spiro atoms. The van der Waals surface area contributed by atoms with Crippen LogP contribution in [0.3, 0.4) is 0 Å². The van der Waals surface area contributed by atoms with Crippen molar-refractivity contribution in [2.24, 2.45) is 0 Å². The molecule has 5 nitrogen and oxygen atoms in total. The van der Waals surface area contributed by atoms with E-state index >= 15 is 0 Å². The van der Waals surface area contributed by atoms with E-state index in [4.69, 9.17) is 5.26 Å². The molecule has 1 aliphatic carbocycles. The molecule has 2 heterocycles. The van der Waals surface area contributed by atoms with E-state index in [-0.39, 0.29) is 11.2 Å². The van der Waals surface area contributed by atoms with E-state index in [9.17, 15) is 4.79 Å². The van der Waals surface area contributed by atoms with E-state index in [2.05, 4.69) is 21.4 Å². The summed E-state index contributed by atoms with van der Waals surface area (Å²) in [5, 5.41) is 13.6. The van der Waals surface area contributed by atoms with Crippen LogP contribution >= 0.6 is 23.1 Å². The SMILES string of the molecule is Cc1nc(S[C@H](C)C(=O)Nc2ccc(C#N)cc2)c2c3c(sc2n1)CCCC3. The maximum Gasteiger partial charge on any atom is 0.237 e. The van der Waals surface area contributed by atoms with Gasteiger partial charge in [-0.2, -0.15) is 5.26 Å². The highest BCUT2D eigenvalue weighted by atomic mass is 32.2. The fraction of sp³-hybridized carbons (Fsp3) is 0.333. The minimum absolute atomic E-state index is 0.0804. The second-order valence-corrected chi connectivity index (χ2v) is 9.32. The van der Waals surface area contributed by atoms with E-state index in [1.165, 1.54) is 35.0 Å². The average Bonchev–Trinajstić information content (AvgIpc) is 3.06. The predicted octanol–water partition coefficient (Wildman–Crippen LogP) is 4.87. The van der Waals surface area contributed by atoms with Crippen LogP contribution in [0.2, 0.25) is 0 Å². The lowest BCUT2D eigenvalue weighted by molar-refractivity contribution is -0.115. The second-order valence-electron chi connectivity index (χ2n) is 6.91. The third-order valence-corrected chi connectivity index (χ3v) is 7.10. The molecule has 1 amide bonds. The van der Waals surface area contributed by atoms with Crippen molar-refractivity contribution in [2.75, 3.05) is 5.32 Å². The summed E-state index contributed by atoms with van der Waals surface area (Å²) in [6, 6.07) is 8.96. The van der Waals surface area contributed by atoms with Gasteiger partial charge in [0.25, 0.3) is 0 Å². The maximum atomic E-state index is 12.7. The van der Waals surface area contributed by atoms with Crippen LogP contribution in [0.15, 0.2) is 29.3 Å². The van der Waals surface area contributed by atoms with Gasteiger partial charge in [0.1, 0.15) is 15.7 Å². The van der Waals surface area contributed by atoms with E-state index in [0.717, 1.165) is 33.9 Å². The van der Waals surface area contributed by atoms with Crippen LogP contribution in [0.5, 0.6) is 0 Å². The molecule has 1 aliphatic rings. The molecule has 0 saturated heterocycles. The van der Waals surface area contributed by atoms with Gasteiger partial charge in [0.05, 0.1) is 16.9 Å². The van der Waals surface area contributed by atoms with Crippen molar-refractivity contribution in [2.45, 2.75) is 49.8 Å². The Morgan fingerprint density at radius 3 is 2.75 bits per heavy atom. The number of nitrogens with one attached hydrogen (secondary N) is 1. The quantitative estimate of drug-likeness (QED) is 0.492. The zero-order chi connectivity index (χ0) is 19.7. The van der Waals surface area contributed by atoms with Gasteiger partial charge >= 0.3 is 0 Å². The van der Waals surface area contributed by atoms with Crippen molar-refractivity contribution < 1.29 is 4.79 Å². The number of aromatic nitrogens is 2. The molecule has 3 aromatic rings. The van der Waals surface area contributed by atoms with E-state index in [1.54, 1.807) is 35.6 Å². The number of carbonyl (C=O) groups is 1. The van der Waals surface area contributed by atoms with Gasteiger partial charge < -0.3 is 5.32 Å². The molecule has 4 rings (SSSR count). The van der Waals surface area contributed by atoms with Crippen molar-refractivity contribution >= 4 is 44.9 Å². The van der Waals surface area contributed by atoms with Crippen LogP contribution in [0.25, 0.3) is 10.2 Å². The number of rotatable bonds is 4. The fourth-order valence-electron chi connectivity index (χ4n) is 3.40. The molecule has 0 bridgehead atoms. The Morgan fingerprint density at radius 1 is 1.25 bits per heavy atom. The molecule has 1 atom stereocenters. The molecule has 0 radical (unpaired) electrons. The van der Waals surface area contributed by atoms with Crippen molar-refractivity contribution in [1.82, 2.24) is 9.97 Å². The summed E-state index contributed by atoms with van der Waals surface area (Å²) in [6.07, 6.45) is 4.62. The second kappa shape index (κ2) is 7.90. The molecule has 0 saturated carbocycles. The number of anilines is 1. The zero-order valence-corrected chi connectivity index (χ0v) is 17.4. The van der Waals surface area contributed by atoms with Crippen molar-refractivity contribution in [3.05, 3.63) is 46.1 Å². The number of thiophene rings is 1. The highest BCUT2D eigenvalue weighted by Gasteiger charge is 2.23. The third-order valence-electron chi connectivity index (χ3n) is 4.83. The Balaban J connectivity index is 1.57. The van der Waals surface area contributed by atoms with Gasteiger partial charge in [-0.1, -0.05) is 11.8 Å². The molecule has 2 aromatic heterocycles. The number of aryl methyl sites for hydroxylation is 3. The van der Waals surface area contributed by atoms with Crippen LogP contribution in [-0.2, 0) is 17.6 Å². The summed E-state index contributed by atoms with van der Waals surface area (Å²) in [4.78, 5) is 24.5. The van der Waals surface area contributed by atoms with Crippen molar-refractivity contribution in [1.29, 1.82) is 5.26 Å². The molecule has 0 unspecified atom stereocenters. The van der Waals surface area contributed by atoms with E-state index in [1.807, 2.05) is 13.8 Å². The summed E-state index contributed by atoms with van der Waals surface area (Å²) in [6.45, 7) is 3.80. The minimum atomic E-state index is -0.299. The van der Waals surface area contributed by atoms with Crippen molar-refractivity contribution in [3.63, 3.8) is 0 Å². The largest absolute Gasteiger partial charge is 0.325 e. The first kappa shape index (κ1) is 18.9. The van der Waals surface area contributed by atoms with Gasteiger partial charge in [0.15, 0.2) is 0 Å². The number of benzene rings is 1. The molecule has 7 heteroatoms. The fourth-order valence-corrected chi connectivity index (χ4v) is 5.80. The molecular weight excluding hydrogens is 388 g/mol. The number of hydrogen-bond acceptors (Lipinski definition) is 6. The standard InChI is InChI=1S/C21H20N4OS2/c1-12(19(26)25-15-9-7-14(11-22)8-10-15)27-20-18-16-5-3-4-6-17(16)28-21(18)24-13(2)23-20/h7-10,12H,3-6H2,1-2H3,(H,25,26)/t12-/m1/s1. The zero-order valence-electron chi connectivity index (χ0n) is 15.8. The number of hydrogen-bond donors (Lipinski definition) is 1. The number of carbonyl (C=O) groups excluding carboxylic acids is 1. The lowest BCUT2D eigenvalue weighted by atomic mass is 9.97. The highest BCUT2D eigenvalue weighted by molar-refractivity contribution is 8.00. The first-order valence-corrected chi connectivity index (χ1v) is 11.0. The third kappa shape index (κ3) is 3.75. The molecule has 142 valence electrons. The van der Waals surface area contributed by atoms with Crippen molar-refractivity contribution in [3.8, 4) is 6.07 Å². The molecule has 1 aromatic carbocycles. The number of amides is 1. The first-order valence-electron chi connectivity index (χ1n) is 9.31. The first-order chi connectivity index (χ1) is 13.5. The molecule has 0 aliphatic heterocycles. The predicted molar refractivity (Wildman–Crippen MR) is 114 cm³/mol. The van der Waals surface area contributed by atoms with Gasteiger partial charge in [-0.05, 0) is 69.4 Å². The minimum Gasteiger partial charge on any atom is -0.325 e. The Morgan fingerprint density at radius 2 is 2.00 bits per heavy atom. The highest BCUT2D eigenvalue weighted by Crippen LogP contribution is 2.40. The number of fused-ring (bicyclic) bond motifs is 3. The summed E-state index contributed by atoms with van der Waals surface area (Å²) in [5.41, 5.74) is 2.64. The van der Waals surface area contributed by atoms with Crippen LogP contribution in [0.4, 0.5) is 5.69 Å². The molecule has 1 N–H and O–H groups in total. The average molecular weight is 409 g/mol. The monoisotopic (exact) mass is 408 g/mol. The number of nitriles is 1. The summed E-state index contributed by atoms with van der Waals surface area (Å²) in [5.74, 6) is 0.663. The summed E-state index contributed by atoms with van der Waals surface area (Å²) < 4.78 is 0. The Hall–Kier alpha value is -2.43. The lowest BCUT2D eigenvalue weighted by Gasteiger charge is -2.14. The molecular formula is C21H20N4OS2. The molecule has 0 fully saturated rings. The van der Waals surface area contributed by atoms with E-state index in [0.29, 0.717) is 11.3 Å². The summed E-state index contributed by atoms with van der Waals surface area (Å²) in [7, 11) is 0. The maximum absolute atomic E-state index is 12.7.